The molecule has 0 heterocycles. The first-order chi connectivity index (χ1) is 6.83. The first-order valence-electron chi connectivity index (χ1n) is 5.78. The van der Waals surface area contributed by atoms with Gasteiger partial charge in [-0.1, -0.05) is 12.8 Å². The van der Waals surface area contributed by atoms with Crippen LogP contribution in [0.1, 0.15) is 32.1 Å². The zero-order valence-electron chi connectivity index (χ0n) is 9.30. The van der Waals surface area contributed by atoms with E-state index in [1.165, 1.54) is 25.7 Å². The summed E-state index contributed by atoms with van der Waals surface area (Å²) >= 11 is 0. The molecule has 0 aromatic heterocycles. The molecule has 14 heavy (non-hydrogen) atoms. The summed E-state index contributed by atoms with van der Waals surface area (Å²) < 4.78 is 4.97. The standard InChI is InChI=1S/C11H24N2O/c1-14-8-6-11(12)9-13-7-2-3-10-4-5-10/h10-11,13H,2-9,12H2,1H3. The van der Waals surface area contributed by atoms with Gasteiger partial charge in [0.05, 0.1) is 0 Å². The van der Waals surface area contributed by atoms with Crippen LogP contribution in [0.3, 0.4) is 0 Å². The number of ether oxygens (including phenoxy) is 1. The highest BCUT2D eigenvalue weighted by Gasteiger charge is 2.19. The van der Waals surface area contributed by atoms with E-state index in [0.717, 1.165) is 32.0 Å². The molecule has 0 radical (unpaired) electrons. The molecular weight excluding hydrogens is 176 g/mol. The Morgan fingerprint density at radius 2 is 2.29 bits per heavy atom. The molecule has 0 spiro atoms. The molecule has 1 fully saturated rings. The summed E-state index contributed by atoms with van der Waals surface area (Å²) in [6, 6.07) is 0.246. The van der Waals surface area contributed by atoms with E-state index in [4.69, 9.17) is 10.5 Å². The quantitative estimate of drug-likeness (QED) is 0.549. The number of hydrogen-bond donors (Lipinski definition) is 2. The monoisotopic (exact) mass is 200 g/mol. The first-order valence-corrected chi connectivity index (χ1v) is 5.78. The average molecular weight is 200 g/mol. The fraction of sp³-hybridized carbons (Fsp3) is 1.00. The first kappa shape index (κ1) is 12.0. The van der Waals surface area contributed by atoms with Gasteiger partial charge in [0, 0.05) is 26.3 Å². The predicted molar refractivity (Wildman–Crippen MR) is 59.3 cm³/mol. The van der Waals surface area contributed by atoms with Crippen LogP contribution in [0.4, 0.5) is 0 Å². The van der Waals surface area contributed by atoms with Crippen LogP contribution in [0.2, 0.25) is 0 Å². The largest absolute Gasteiger partial charge is 0.385 e. The highest BCUT2D eigenvalue weighted by Crippen LogP contribution is 2.33. The predicted octanol–water partition coefficient (Wildman–Crippen LogP) is 1.13. The summed E-state index contributed by atoms with van der Waals surface area (Å²) in [6.45, 7) is 2.82. The second-order valence-electron chi connectivity index (χ2n) is 4.33. The van der Waals surface area contributed by atoms with Gasteiger partial charge in [-0.05, 0) is 31.7 Å². The Balaban J connectivity index is 1.77. The van der Waals surface area contributed by atoms with Gasteiger partial charge in [0.1, 0.15) is 0 Å². The Bertz CT molecular complexity index is 137. The van der Waals surface area contributed by atoms with Crippen molar-refractivity contribution in [2.45, 2.75) is 38.1 Å². The average Bonchev–Trinajstić information content (AvgIpc) is 2.98. The molecule has 1 unspecified atom stereocenters. The topological polar surface area (TPSA) is 47.3 Å². The molecule has 3 N–H and O–H groups in total. The number of methoxy groups -OCH3 is 1. The molecule has 0 bridgehead atoms. The minimum absolute atomic E-state index is 0.246. The zero-order chi connectivity index (χ0) is 10.2. The molecule has 0 aliphatic heterocycles. The molecule has 3 nitrogen and oxygen atoms in total. The lowest BCUT2D eigenvalue weighted by Gasteiger charge is -2.11. The third kappa shape index (κ3) is 6.35. The highest BCUT2D eigenvalue weighted by atomic mass is 16.5. The fourth-order valence-electron chi connectivity index (χ4n) is 1.58. The Kier molecular flexibility index (Phi) is 6.15. The van der Waals surface area contributed by atoms with Crippen molar-refractivity contribution in [1.29, 1.82) is 0 Å². The van der Waals surface area contributed by atoms with E-state index in [1.807, 2.05) is 0 Å². The Hall–Kier alpha value is -0.120. The van der Waals surface area contributed by atoms with Crippen LogP contribution >= 0.6 is 0 Å². The van der Waals surface area contributed by atoms with Crippen molar-refractivity contribution < 1.29 is 4.74 Å². The molecule has 1 aliphatic rings. The minimum Gasteiger partial charge on any atom is -0.385 e. The van der Waals surface area contributed by atoms with Gasteiger partial charge in [0.15, 0.2) is 0 Å². The number of hydrogen-bond acceptors (Lipinski definition) is 3. The van der Waals surface area contributed by atoms with Gasteiger partial charge in [-0.25, -0.2) is 0 Å². The molecular formula is C11H24N2O. The molecule has 0 saturated heterocycles. The molecule has 1 saturated carbocycles. The molecule has 84 valence electrons. The number of rotatable bonds is 9. The summed E-state index contributed by atoms with van der Waals surface area (Å²) in [6.07, 6.45) is 6.59. The van der Waals surface area contributed by atoms with E-state index in [0.29, 0.717) is 0 Å². The van der Waals surface area contributed by atoms with Gasteiger partial charge in [0.2, 0.25) is 0 Å². The van der Waals surface area contributed by atoms with Crippen molar-refractivity contribution in [1.82, 2.24) is 5.32 Å². The van der Waals surface area contributed by atoms with Crippen LogP contribution in [0, 0.1) is 5.92 Å². The summed E-state index contributed by atoms with van der Waals surface area (Å²) in [5.74, 6) is 1.05. The maximum atomic E-state index is 5.87. The lowest BCUT2D eigenvalue weighted by Crippen LogP contribution is -2.35. The Morgan fingerprint density at radius 1 is 1.50 bits per heavy atom. The molecule has 3 heteroatoms. The lowest BCUT2D eigenvalue weighted by atomic mass is 10.2. The second kappa shape index (κ2) is 7.21. The van der Waals surface area contributed by atoms with Crippen LogP contribution in [0.5, 0.6) is 0 Å². The number of nitrogens with one attached hydrogen (secondary N) is 1. The van der Waals surface area contributed by atoms with E-state index in [-0.39, 0.29) is 6.04 Å². The summed E-state index contributed by atoms with van der Waals surface area (Å²) in [7, 11) is 1.72. The highest BCUT2D eigenvalue weighted by molar-refractivity contribution is 4.73. The smallest absolute Gasteiger partial charge is 0.0477 e. The molecule has 0 aromatic rings. The summed E-state index contributed by atoms with van der Waals surface area (Å²) in [5, 5.41) is 3.40. The van der Waals surface area contributed by atoms with Gasteiger partial charge >= 0.3 is 0 Å². The van der Waals surface area contributed by atoms with E-state index >= 15 is 0 Å². The van der Waals surface area contributed by atoms with E-state index in [1.54, 1.807) is 7.11 Å². The number of nitrogens with two attached hydrogens (primary N) is 1. The van der Waals surface area contributed by atoms with E-state index in [9.17, 15) is 0 Å². The summed E-state index contributed by atoms with van der Waals surface area (Å²) in [5.41, 5.74) is 5.87. The summed E-state index contributed by atoms with van der Waals surface area (Å²) in [4.78, 5) is 0. The van der Waals surface area contributed by atoms with Crippen LogP contribution in [0.15, 0.2) is 0 Å². The molecule has 0 amide bonds. The lowest BCUT2D eigenvalue weighted by molar-refractivity contribution is 0.187. The van der Waals surface area contributed by atoms with E-state index < -0.39 is 0 Å². The Labute approximate surface area is 87.4 Å². The van der Waals surface area contributed by atoms with Gasteiger partial charge < -0.3 is 15.8 Å². The van der Waals surface area contributed by atoms with Crippen molar-refractivity contribution >= 4 is 0 Å². The third-order valence-corrected chi connectivity index (χ3v) is 2.76. The van der Waals surface area contributed by atoms with Gasteiger partial charge in [-0.3, -0.25) is 0 Å². The van der Waals surface area contributed by atoms with Crippen molar-refractivity contribution in [3.63, 3.8) is 0 Å². The van der Waals surface area contributed by atoms with Gasteiger partial charge in [-0.2, -0.15) is 0 Å². The third-order valence-electron chi connectivity index (χ3n) is 2.76. The molecule has 1 atom stereocenters. The molecule has 1 aliphatic carbocycles. The van der Waals surface area contributed by atoms with E-state index in [2.05, 4.69) is 5.32 Å². The van der Waals surface area contributed by atoms with Gasteiger partial charge in [0.25, 0.3) is 0 Å². The molecule has 0 aromatic carbocycles. The van der Waals surface area contributed by atoms with Crippen LogP contribution in [0.25, 0.3) is 0 Å². The van der Waals surface area contributed by atoms with Crippen LogP contribution in [-0.2, 0) is 4.74 Å². The normalized spacial score (nSPS) is 18.4. The zero-order valence-corrected chi connectivity index (χ0v) is 9.30. The fourth-order valence-corrected chi connectivity index (χ4v) is 1.58. The van der Waals surface area contributed by atoms with Crippen LogP contribution < -0.4 is 11.1 Å². The van der Waals surface area contributed by atoms with Crippen molar-refractivity contribution in [3.05, 3.63) is 0 Å². The van der Waals surface area contributed by atoms with Crippen LogP contribution in [-0.4, -0.2) is 32.8 Å². The van der Waals surface area contributed by atoms with Crippen molar-refractivity contribution in [2.24, 2.45) is 11.7 Å². The van der Waals surface area contributed by atoms with Crippen molar-refractivity contribution in [3.8, 4) is 0 Å². The second-order valence-corrected chi connectivity index (χ2v) is 4.33. The maximum absolute atomic E-state index is 5.87. The molecule has 1 rings (SSSR count). The SMILES string of the molecule is COCCC(N)CNCCCC1CC1. The minimum atomic E-state index is 0.246. The maximum Gasteiger partial charge on any atom is 0.0477 e. The van der Waals surface area contributed by atoms with Gasteiger partial charge in [-0.15, -0.1) is 0 Å². The Morgan fingerprint density at radius 3 is 2.93 bits per heavy atom. The van der Waals surface area contributed by atoms with Crippen molar-refractivity contribution in [2.75, 3.05) is 26.8 Å².